The molecule has 0 saturated heterocycles. The quantitative estimate of drug-likeness (QED) is 0.763. The molecule has 17 heavy (non-hydrogen) atoms. The van der Waals surface area contributed by atoms with Crippen LogP contribution in [-0.4, -0.2) is 43.0 Å². The average molecular weight is 236 g/mol. The van der Waals surface area contributed by atoms with Gasteiger partial charge in [0.1, 0.15) is 5.82 Å². The van der Waals surface area contributed by atoms with Gasteiger partial charge in [-0.1, -0.05) is 0 Å². The molecule has 0 aliphatic carbocycles. The van der Waals surface area contributed by atoms with Gasteiger partial charge in [-0.2, -0.15) is 0 Å². The van der Waals surface area contributed by atoms with E-state index in [1.165, 1.54) is 0 Å². The number of hydrogen-bond donors (Lipinski definition) is 2. The number of rotatable bonds is 6. The molecule has 0 unspecified atom stereocenters. The Balaban J connectivity index is 2.49. The number of carbonyl (C=O) groups is 1. The number of nitrogens with zero attached hydrogens (tertiary/aromatic N) is 2. The summed E-state index contributed by atoms with van der Waals surface area (Å²) in [6.07, 6.45) is 1.77. The SMILES string of the molecule is CCNC(=O)CN(C)Cc1ccnc(NC)c1. The zero-order valence-corrected chi connectivity index (χ0v) is 10.7. The van der Waals surface area contributed by atoms with Crippen molar-refractivity contribution >= 4 is 11.7 Å². The van der Waals surface area contributed by atoms with Gasteiger partial charge in [-0.25, -0.2) is 4.98 Å². The Hall–Kier alpha value is -1.62. The normalized spacial score (nSPS) is 10.4. The topological polar surface area (TPSA) is 57.3 Å². The highest BCUT2D eigenvalue weighted by atomic mass is 16.1. The van der Waals surface area contributed by atoms with E-state index in [0.29, 0.717) is 13.1 Å². The predicted octanol–water partition coefficient (Wildman–Crippen LogP) is 0.691. The van der Waals surface area contributed by atoms with Gasteiger partial charge in [0, 0.05) is 26.3 Å². The summed E-state index contributed by atoms with van der Waals surface area (Å²) >= 11 is 0. The molecule has 1 aromatic heterocycles. The van der Waals surface area contributed by atoms with Gasteiger partial charge in [0.2, 0.25) is 5.91 Å². The largest absolute Gasteiger partial charge is 0.373 e. The molecule has 0 spiro atoms. The molecule has 0 bridgehead atoms. The van der Waals surface area contributed by atoms with Gasteiger partial charge < -0.3 is 10.6 Å². The fourth-order valence-electron chi connectivity index (χ4n) is 1.58. The van der Waals surface area contributed by atoms with Crippen LogP contribution in [0.5, 0.6) is 0 Å². The average Bonchev–Trinajstić information content (AvgIpc) is 2.29. The molecule has 0 aliphatic heterocycles. The van der Waals surface area contributed by atoms with Crippen LogP contribution in [-0.2, 0) is 11.3 Å². The Bertz CT molecular complexity index is 367. The number of aromatic nitrogens is 1. The van der Waals surface area contributed by atoms with Crippen LogP contribution in [0.25, 0.3) is 0 Å². The molecule has 94 valence electrons. The van der Waals surface area contributed by atoms with Crippen LogP contribution in [0.3, 0.4) is 0 Å². The lowest BCUT2D eigenvalue weighted by Gasteiger charge is -2.16. The second-order valence-corrected chi connectivity index (χ2v) is 3.93. The van der Waals surface area contributed by atoms with Crippen molar-refractivity contribution in [3.05, 3.63) is 23.9 Å². The monoisotopic (exact) mass is 236 g/mol. The molecule has 0 atom stereocenters. The summed E-state index contributed by atoms with van der Waals surface area (Å²) in [6.45, 7) is 3.73. The van der Waals surface area contributed by atoms with E-state index < -0.39 is 0 Å². The molecule has 0 radical (unpaired) electrons. The fourth-order valence-corrected chi connectivity index (χ4v) is 1.58. The minimum Gasteiger partial charge on any atom is -0.373 e. The second-order valence-electron chi connectivity index (χ2n) is 3.93. The molecule has 5 heteroatoms. The number of likely N-dealkylation sites (N-methyl/N-ethyl adjacent to an activating group) is 2. The lowest BCUT2D eigenvalue weighted by Crippen LogP contribution is -2.34. The third-order valence-corrected chi connectivity index (χ3v) is 2.32. The minimum atomic E-state index is 0.0536. The second kappa shape index (κ2) is 6.85. The molecule has 1 rings (SSSR count). The first-order valence-corrected chi connectivity index (χ1v) is 5.73. The molecule has 0 fully saturated rings. The van der Waals surface area contributed by atoms with E-state index in [4.69, 9.17) is 0 Å². The standard InChI is InChI=1S/C12H20N4O/c1-4-14-12(17)9-16(3)8-10-5-6-15-11(7-10)13-2/h5-7H,4,8-9H2,1-3H3,(H,13,15)(H,14,17). The molecule has 5 nitrogen and oxygen atoms in total. The van der Waals surface area contributed by atoms with Crippen LogP contribution in [0, 0.1) is 0 Å². The zero-order valence-electron chi connectivity index (χ0n) is 10.7. The van der Waals surface area contributed by atoms with E-state index >= 15 is 0 Å². The van der Waals surface area contributed by atoms with E-state index in [-0.39, 0.29) is 5.91 Å². The third-order valence-electron chi connectivity index (χ3n) is 2.32. The van der Waals surface area contributed by atoms with Crippen LogP contribution in [0.15, 0.2) is 18.3 Å². The Morgan fingerprint density at radius 3 is 2.94 bits per heavy atom. The minimum absolute atomic E-state index is 0.0536. The van der Waals surface area contributed by atoms with Gasteiger partial charge in [0.15, 0.2) is 0 Å². The molecule has 2 N–H and O–H groups in total. The van der Waals surface area contributed by atoms with Crippen LogP contribution in [0.2, 0.25) is 0 Å². The highest BCUT2D eigenvalue weighted by Gasteiger charge is 2.06. The molecule has 0 saturated carbocycles. The van der Waals surface area contributed by atoms with E-state index in [9.17, 15) is 4.79 Å². The maximum Gasteiger partial charge on any atom is 0.234 e. The number of pyridine rings is 1. The van der Waals surface area contributed by atoms with E-state index in [1.807, 2.05) is 38.1 Å². The van der Waals surface area contributed by atoms with Crippen LogP contribution < -0.4 is 10.6 Å². The maximum atomic E-state index is 11.4. The Morgan fingerprint density at radius 2 is 2.29 bits per heavy atom. The predicted molar refractivity (Wildman–Crippen MR) is 68.8 cm³/mol. The summed E-state index contributed by atoms with van der Waals surface area (Å²) in [7, 11) is 3.76. The number of carbonyl (C=O) groups excluding carboxylic acids is 1. The summed E-state index contributed by atoms with van der Waals surface area (Å²) < 4.78 is 0. The molecule has 1 aromatic rings. The summed E-state index contributed by atoms with van der Waals surface area (Å²) in [4.78, 5) is 17.5. The number of hydrogen-bond acceptors (Lipinski definition) is 4. The van der Waals surface area contributed by atoms with Crippen molar-refractivity contribution in [3.63, 3.8) is 0 Å². The molecule has 0 aliphatic rings. The lowest BCUT2D eigenvalue weighted by atomic mass is 10.2. The number of nitrogens with one attached hydrogen (secondary N) is 2. The van der Waals surface area contributed by atoms with Gasteiger partial charge in [0.05, 0.1) is 6.54 Å². The van der Waals surface area contributed by atoms with E-state index in [2.05, 4.69) is 15.6 Å². The van der Waals surface area contributed by atoms with Gasteiger partial charge in [0.25, 0.3) is 0 Å². The summed E-state index contributed by atoms with van der Waals surface area (Å²) in [5.74, 6) is 0.895. The Labute approximate surface area is 102 Å². The summed E-state index contributed by atoms with van der Waals surface area (Å²) in [5, 5.41) is 5.77. The Kier molecular flexibility index (Phi) is 5.42. The smallest absolute Gasteiger partial charge is 0.234 e. The van der Waals surface area contributed by atoms with Crippen molar-refractivity contribution in [1.82, 2.24) is 15.2 Å². The lowest BCUT2D eigenvalue weighted by molar-refractivity contribution is -0.121. The number of anilines is 1. The van der Waals surface area contributed by atoms with E-state index in [0.717, 1.165) is 17.9 Å². The highest BCUT2D eigenvalue weighted by Crippen LogP contribution is 2.07. The zero-order chi connectivity index (χ0) is 12.7. The first-order chi connectivity index (χ1) is 8.15. The summed E-state index contributed by atoms with van der Waals surface area (Å²) in [5.41, 5.74) is 1.14. The first-order valence-electron chi connectivity index (χ1n) is 5.73. The van der Waals surface area contributed by atoms with Gasteiger partial charge in [-0.05, 0) is 31.7 Å². The third kappa shape index (κ3) is 4.82. The van der Waals surface area contributed by atoms with E-state index in [1.54, 1.807) is 6.20 Å². The fraction of sp³-hybridized carbons (Fsp3) is 0.500. The molecule has 1 heterocycles. The van der Waals surface area contributed by atoms with Crippen molar-refractivity contribution in [3.8, 4) is 0 Å². The van der Waals surface area contributed by atoms with Crippen molar-refractivity contribution in [2.45, 2.75) is 13.5 Å². The van der Waals surface area contributed by atoms with Crippen molar-refractivity contribution in [2.75, 3.05) is 32.5 Å². The van der Waals surface area contributed by atoms with Crippen molar-refractivity contribution in [2.24, 2.45) is 0 Å². The molecular formula is C12H20N4O. The Morgan fingerprint density at radius 1 is 1.53 bits per heavy atom. The molecule has 1 amide bonds. The highest BCUT2D eigenvalue weighted by molar-refractivity contribution is 5.77. The summed E-state index contributed by atoms with van der Waals surface area (Å²) in [6, 6.07) is 3.93. The molecule has 0 aromatic carbocycles. The van der Waals surface area contributed by atoms with Crippen LogP contribution >= 0.6 is 0 Å². The van der Waals surface area contributed by atoms with Gasteiger partial charge in [-0.3, -0.25) is 9.69 Å². The van der Waals surface area contributed by atoms with Crippen molar-refractivity contribution < 1.29 is 4.79 Å². The van der Waals surface area contributed by atoms with Crippen LogP contribution in [0.4, 0.5) is 5.82 Å². The maximum absolute atomic E-state index is 11.4. The van der Waals surface area contributed by atoms with Crippen LogP contribution in [0.1, 0.15) is 12.5 Å². The van der Waals surface area contributed by atoms with Crippen molar-refractivity contribution in [1.29, 1.82) is 0 Å². The number of amides is 1. The first kappa shape index (κ1) is 13.4. The van der Waals surface area contributed by atoms with Gasteiger partial charge in [-0.15, -0.1) is 0 Å². The molecular weight excluding hydrogens is 216 g/mol. The van der Waals surface area contributed by atoms with Gasteiger partial charge >= 0.3 is 0 Å².